The molecule has 7 nitrogen and oxygen atoms in total. The van der Waals surface area contributed by atoms with E-state index in [2.05, 4.69) is 15.3 Å². The predicted molar refractivity (Wildman–Crippen MR) is 123 cm³/mol. The summed E-state index contributed by atoms with van der Waals surface area (Å²) in [7, 11) is 1.61. The molecule has 2 aliphatic heterocycles. The van der Waals surface area contributed by atoms with Crippen molar-refractivity contribution in [3.63, 3.8) is 0 Å². The van der Waals surface area contributed by atoms with Gasteiger partial charge in [-0.05, 0) is 36.2 Å². The molecule has 4 rings (SSSR count). The van der Waals surface area contributed by atoms with E-state index >= 15 is 0 Å². The van der Waals surface area contributed by atoms with Gasteiger partial charge in [0.15, 0.2) is 5.17 Å². The zero-order valence-electron chi connectivity index (χ0n) is 17.5. The molecule has 0 fully saturated rings. The maximum absolute atomic E-state index is 13.0. The smallest absolute Gasteiger partial charge is 0.259 e. The number of aliphatic imine (C=N–C) groups is 2. The molecule has 2 aliphatic rings. The minimum atomic E-state index is -0.390. The first-order valence-corrected chi connectivity index (χ1v) is 11.2. The standard InChI is InChI=1S/C23H24N4O3S/c1-3-7-19-22(29)27-21(25-19)17-10-4-5-11-18(17)26-23(27)31-14-20(28)24-13-15-8-6-9-16(12-15)30-2/h4-6,8-12,19H,3,7,13-14H2,1-2H3,(H,24,28)/t19-/m0/s1. The van der Waals surface area contributed by atoms with Gasteiger partial charge in [0.2, 0.25) is 5.91 Å². The average Bonchev–Trinajstić information content (AvgIpc) is 3.13. The lowest BCUT2D eigenvalue weighted by Gasteiger charge is -2.25. The van der Waals surface area contributed by atoms with Crippen molar-refractivity contribution in [1.29, 1.82) is 0 Å². The number of nitrogens with one attached hydrogen (secondary N) is 1. The lowest BCUT2D eigenvalue weighted by atomic mass is 10.1. The van der Waals surface area contributed by atoms with E-state index in [0.717, 1.165) is 29.0 Å². The van der Waals surface area contributed by atoms with Gasteiger partial charge in [-0.25, -0.2) is 9.89 Å². The zero-order valence-corrected chi connectivity index (χ0v) is 18.3. The summed E-state index contributed by atoms with van der Waals surface area (Å²) >= 11 is 1.25. The van der Waals surface area contributed by atoms with Crippen LogP contribution in [0.25, 0.3) is 0 Å². The van der Waals surface area contributed by atoms with Gasteiger partial charge < -0.3 is 10.1 Å². The monoisotopic (exact) mass is 436 g/mol. The second kappa shape index (κ2) is 9.34. The fraction of sp³-hybridized carbons (Fsp3) is 0.304. The lowest BCUT2D eigenvalue weighted by molar-refractivity contribution is -0.124. The molecule has 2 aromatic rings. The Balaban J connectivity index is 1.45. The van der Waals surface area contributed by atoms with E-state index in [9.17, 15) is 9.59 Å². The SMILES string of the molecule is CCC[C@@H]1N=C2c3ccccc3N=C(SCC(=O)NCc3cccc(OC)c3)N2C1=O. The zero-order chi connectivity index (χ0) is 21.8. The summed E-state index contributed by atoms with van der Waals surface area (Å²) in [6.07, 6.45) is 1.56. The van der Waals surface area contributed by atoms with E-state index in [1.807, 2.05) is 55.5 Å². The Bertz CT molecular complexity index is 1070. The molecule has 2 aromatic carbocycles. The van der Waals surface area contributed by atoms with Gasteiger partial charge >= 0.3 is 0 Å². The van der Waals surface area contributed by atoms with Crippen molar-refractivity contribution in [3.05, 3.63) is 59.7 Å². The van der Waals surface area contributed by atoms with E-state index in [0.29, 0.717) is 24.0 Å². The number of amides is 2. The Hall–Kier alpha value is -3.13. The highest BCUT2D eigenvalue weighted by Crippen LogP contribution is 2.34. The van der Waals surface area contributed by atoms with Gasteiger partial charge in [-0.2, -0.15) is 0 Å². The Morgan fingerprint density at radius 2 is 2.06 bits per heavy atom. The first kappa shape index (κ1) is 21.1. The molecule has 0 radical (unpaired) electrons. The molecule has 2 amide bonds. The van der Waals surface area contributed by atoms with Crippen molar-refractivity contribution in [2.24, 2.45) is 9.98 Å². The molecule has 0 spiro atoms. The molecule has 8 heteroatoms. The molecule has 0 saturated heterocycles. The number of hydrogen-bond donors (Lipinski definition) is 1. The summed E-state index contributed by atoms with van der Waals surface area (Å²) in [6, 6.07) is 14.8. The van der Waals surface area contributed by atoms with Gasteiger partial charge in [0, 0.05) is 12.1 Å². The summed E-state index contributed by atoms with van der Waals surface area (Å²) in [4.78, 5) is 36.3. The Morgan fingerprint density at radius 1 is 1.23 bits per heavy atom. The third kappa shape index (κ3) is 4.49. The number of fused-ring (bicyclic) bond motifs is 3. The largest absolute Gasteiger partial charge is 0.497 e. The van der Waals surface area contributed by atoms with E-state index in [1.165, 1.54) is 11.8 Å². The molecule has 0 saturated carbocycles. The number of carbonyl (C=O) groups is 2. The Labute approximate surface area is 185 Å². The summed E-state index contributed by atoms with van der Waals surface area (Å²) in [5, 5.41) is 3.40. The molecule has 0 aromatic heterocycles. The van der Waals surface area contributed by atoms with Crippen molar-refractivity contribution in [3.8, 4) is 5.75 Å². The number of hydrogen-bond acceptors (Lipinski definition) is 6. The summed E-state index contributed by atoms with van der Waals surface area (Å²) in [6.45, 7) is 2.44. The van der Waals surface area contributed by atoms with Crippen LogP contribution < -0.4 is 10.1 Å². The molecule has 0 bridgehead atoms. The number of ether oxygens (including phenoxy) is 1. The first-order chi connectivity index (χ1) is 15.1. The molecular formula is C23H24N4O3S. The topological polar surface area (TPSA) is 83.4 Å². The molecule has 0 unspecified atom stereocenters. The van der Waals surface area contributed by atoms with Gasteiger partial charge in [-0.15, -0.1) is 0 Å². The number of amidine groups is 2. The fourth-order valence-corrected chi connectivity index (χ4v) is 4.36. The second-order valence-corrected chi connectivity index (χ2v) is 8.20. The number of para-hydroxylation sites is 1. The van der Waals surface area contributed by atoms with E-state index in [4.69, 9.17) is 4.74 Å². The quantitative estimate of drug-likeness (QED) is 0.720. The van der Waals surface area contributed by atoms with Crippen LogP contribution in [0.4, 0.5) is 5.69 Å². The molecule has 0 aliphatic carbocycles. The number of methoxy groups -OCH3 is 1. The van der Waals surface area contributed by atoms with Crippen LogP contribution >= 0.6 is 11.8 Å². The van der Waals surface area contributed by atoms with E-state index in [-0.39, 0.29) is 23.6 Å². The number of benzene rings is 2. The number of carbonyl (C=O) groups excluding carboxylic acids is 2. The summed E-state index contributed by atoms with van der Waals surface area (Å²) < 4.78 is 5.21. The van der Waals surface area contributed by atoms with Gasteiger partial charge in [-0.3, -0.25) is 14.6 Å². The van der Waals surface area contributed by atoms with E-state index in [1.54, 1.807) is 12.0 Å². The lowest BCUT2D eigenvalue weighted by Crippen LogP contribution is -2.41. The summed E-state index contributed by atoms with van der Waals surface area (Å²) in [5.74, 6) is 1.32. The van der Waals surface area contributed by atoms with Crippen molar-refractivity contribution in [1.82, 2.24) is 10.2 Å². The average molecular weight is 437 g/mol. The fourth-order valence-electron chi connectivity index (χ4n) is 3.52. The summed E-state index contributed by atoms with van der Waals surface area (Å²) in [5.41, 5.74) is 2.57. The van der Waals surface area contributed by atoms with Crippen LogP contribution in [0.15, 0.2) is 58.5 Å². The van der Waals surface area contributed by atoms with Gasteiger partial charge in [0.05, 0.1) is 18.6 Å². The molecule has 31 heavy (non-hydrogen) atoms. The Kier molecular flexibility index (Phi) is 6.36. The van der Waals surface area contributed by atoms with Crippen LogP contribution in [0, 0.1) is 0 Å². The third-order valence-corrected chi connectivity index (χ3v) is 6.00. The van der Waals surface area contributed by atoms with Crippen LogP contribution in [0.1, 0.15) is 30.9 Å². The van der Waals surface area contributed by atoms with Crippen LogP contribution in [0.2, 0.25) is 0 Å². The van der Waals surface area contributed by atoms with Gasteiger partial charge in [-0.1, -0.05) is 49.4 Å². The minimum Gasteiger partial charge on any atom is -0.497 e. The van der Waals surface area contributed by atoms with Gasteiger partial charge in [0.25, 0.3) is 5.91 Å². The first-order valence-electron chi connectivity index (χ1n) is 10.2. The molecule has 1 atom stereocenters. The van der Waals surface area contributed by atoms with Crippen LogP contribution in [-0.4, -0.2) is 46.6 Å². The van der Waals surface area contributed by atoms with Crippen LogP contribution in [0.3, 0.4) is 0 Å². The van der Waals surface area contributed by atoms with Crippen molar-refractivity contribution >= 4 is 40.3 Å². The van der Waals surface area contributed by atoms with Crippen molar-refractivity contribution in [2.45, 2.75) is 32.4 Å². The molecule has 1 N–H and O–H groups in total. The third-order valence-electron chi connectivity index (χ3n) is 5.07. The number of rotatable bonds is 7. The predicted octanol–water partition coefficient (Wildman–Crippen LogP) is 3.50. The number of nitrogens with zero attached hydrogens (tertiary/aromatic N) is 3. The maximum atomic E-state index is 13.0. The Morgan fingerprint density at radius 3 is 2.87 bits per heavy atom. The van der Waals surface area contributed by atoms with Crippen molar-refractivity contribution in [2.75, 3.05) is 12.9 Å². The van der Waals surface area contributed by atoms with Gasteiger partial charge in [0.1, 0.15) is 17.6 Å². The molecule has 2 heterocycles. The maximum Gasteiger partial charge on any atom is 0.259 e. The normalized spacial score (nSPS) is 16.9. The molecular weight excluding hydrogens is 412 g/mol. The minimum absolute atomic E-state index is 0.0746. The van der Waals surface area contributed by atoms with E-state index < -0.39 is 0 Å². The highest BCUT2D eigenvalue weighted by atomic mass is 32.2. The van der Waals surface area contributed by atoms with Crippen molar-refractivity contribution < 1.29 is 14.3 Å². The second-order valence-electron chi connectivity index (χ2n) is 7.26. The number of thioether (sulfide) groups is 1. The molecule has 160 valence electrons. The highest BCUT2D eigenvalue weighted by molar-refractivity contribution is 8.14. The highest BCUT2D eigenvalue weighted by Gasteiger charge is 2.40. The van der Waals surface area contributed by atoms with Crippen LogP contribution in [-0.2, 0) is 16.1 Å². The van der Waals surface area contributed by atoms with Crippen LogP contribution in [0.5, 0.6) is 5.75 Å².